The van der Waals surface area contributed by atoms with Gasteiger partial charge in [-0.1, -0.05) is 30.3 Å². The highest BCUT2D eigenvalue weighted by molar-refractivity contribution is 6.06. The van der Waals surface area contributed by atoms with Gasteiger partial charge in [0.2, 0.25) is 11.8 Å². The van der Waals surface area contributed by atoms with Crippen LogP contribution in [0, 0.1) is 0 Å². The third-order valence-electron chi connectivity index (χ3n) is 6.48. The summed E-state index contributed by atoms with van der Waals surface area (Å²) in [7, 11) is 0. The van der Waals surface area contributed by atoms with Gasteiger partial charge in [-0.05, 0) is 29.7 Å². The second-order valence-corrected chi connectivity index (χ2v) is 8.56. The van der Waals surface area contributed by atoms with Gasteiger partial charge in [-0.2, -0.15) is 0 Å². The van der Waals surface area contributed by atoms with E-state index in [1.807, 2.05) is 24.3 Å². The highest BCUT2D eigenvalue weighted by atomic mass is 16.5. The molecule has 3 aliphatic rings. The third-order valence-corrected chi connectivity index (χ3v) is 6.48. The second kappa shape index (κ2) is 9.33. The standard InChI is InChI=1S/C25H28N4O4/c30-23-9-8-22(24(31)27-23)29-16-20-19(25(29)32)6-3-7-21(20)26-14-17-4-1-2-5-18(17)15-28-10-12-33-13-11-28/h1-7,22,26H,8-16H2,(H,27,30,31)/i22D. The van der Waals surface area contributed by atoms with Gasteiger partial charge in [0.15, 0.2) is 0 Å². The number of rotatable bonds is 6. The maximum Gasteiger partial charge on any atom is 0.255 e. The Morgan fingerprint density at radius 2 is 1.85 bits per heavy atom. The number of piperidine rings is 1. The summed E-state index contributed by atoms with van der Waals surface area (Å²) >= 11 is 0. The quantitative estimate of drug-likeness (QED) is 0.655. The zero-order valence-electron chi connectivity index (χ0n) is 19.4. The number of imide groups is 1. The fourth-order valence-corrected chi connectivity index (χ4v) is 4.66. The fourth-order valence-electron chi connectivity index (χ4n) is 4.66. The average Bonchev–Trinajstić information content (AvgIpc) is 3.19. The molecule has 8 heteroatoms. The van der Waals surface area contributed by atoms with Crippen LogP contribution in [0.4, 0.5) is 5.69 Å². The molecular weight excluding hydrogens is 420 g/mol. The zero-order valence-corrected chi connectivity index (χ0v) is 18.4. The number of carbonyl (C=O) groups is 3. The summed E-state index contributed by atoms with van der Waals surface area (Å²) in [6, 6.07) is 12.0. The monoisotopic (exact) mass is 449 g/mol. The summed E-state index contributed by atoms with van der Waals surface area (Å²) in [4.78, 5) is 40.8. The van der Waals surface area contributed by atoms with Crippen LogP contribution in [0.25, 0.3) is 0 Å². The van der Waals surface area contributed by atoms with E-state index in [9.17, 15) is 14.4 Å². The summed E-state index contributed by atoms with van der Waals surface area (Å²) in [5, 5.41) is 5.68. The first-order valence-electron chi connectivity index (χ1n) is 11.8. The number of carbonyl (C=O) groups excluding carboxylic acids is 3. The average molecular weight is 450 g/mol. The van der Waals surface area contributed by atoms with Crippen molar-refractivity contribution in [3.63, 3.8) is 0 Å². The molecule has 0 aliphatic carbocycles. The number of anilines is 1. The number of nitrogens with zero attached hydrogens (tertiary/aromatic N) is 2. The molecule has 1 atom stereocenters. The van der Waals surface area contributed by atoms with Crippen LogP contribution < -0.4 is 10.6 Å². The number of nitrogens with one attached hydrogen (secondary N) is 2. The third kappa shape index (κ3) is 4.49. The van der Waals surface area contributed by atoms with Crippen molar-refractivity contribution < 1.29 is 20.5 Å². The normalized spacial score (nSPS) is 23.8. The van der Waals surface area contributed by atoms with Gasteiger partial charge in [0.05, 0.1) is 14.6 Å². The smallest absolute Gasteiger partial charge is 0.255 e. The number of ether oxygens (including phenoxy) is 1. The molecule has 0 spiro atoms. The van der Waals surface area contributed by atoms with E-state index in [1.54, 1.807) is 6.07 Å². The first-order valence-corrected chi connectivity index (χ1v) is 11.3. The summed E-state index contributed by atoms with van der Waals surface area (Å²) in [6.45, 7) is 4.94. The molecule has 2 fully saturated rings. The van der Waals surface area contributed by atoms with Gasteiger partial charge in [0.25, 0.3) is 5.91 Å². The van der Waals surface area contributed by atoms with E-state index in [4.69, 9.17) is 6.11 Å². The minimum Gasteiger partial charge on any atom is -0.381 e. The number of fused-ring (bicyclic) bond motifs is 1. The Labute approximate surface area is 194 Å². The molecule has 0 aromatic heterocycles. The van der Waals surface area contributed by atoms with E-state index < -0.39 is 17.8 Å². The van der Waals surface area contributed by atoms with Gasteiger partial charge in [0.1, 0.15) is 6.02 Å². The first kappa shape index (κ1) is 20.4. The molecule has 0 saturated carbocycles. The van der Waals surface area contributed by atoms with Gasteiger partial charge >= 0.3 is 0 Å². The van der Waals surface area contributed by atoms with Crippen LogP contribution in [0.15, 0.2) is 42.5 Å². The lowest BCUT2D eigenvalue weighted by atomic mass is 10.0. The molecule has 2 saturated heterocycles. The van der Waals surface area contributed by atoms with Crippen molar-refractivity contribution in [3.8, 4) is 0 Å². The Hall–Kier alpha value is -3.23. The van der Waals surface area contributed by atoms with E-state index in [-0.39, 0.29) is 25.3 Å². The van der Waals surface area contributed by atoms with Gasteiger partial charge in [-0.25, -0.2) is 0 Å². The lowest BCUT2D eigenvalue weighted by Crippen LogP contribution is -2.52. The Morgan fingerprint density at radius 3 is 2.64 bits per heavy atom. The topological polar surface area (TPSA) is 91.0 Å². The SMILES string of the molecule is [2H]C1(N2Cc3c(NCc4ccccc4CN4CCOCC4)cccc3C2=O)CCC(=O)NC1=O. The van der Waals surface area contributed by atoms with Crippen molar-refractivity contribution in [3.05, 3.63) is 64.7 Å². The second-order valence-electron chi connectivity index (χ2n) is 8.56. The van der Waals surface area contributed by atoms with E-state index in [1.165, 1.54) is 16.0 Å². The van der Waals surface area contributed by atoms with Crippen LogP contribution in [0.5, 0.6) is 0 Å². The zero-order chi connectivity index (χ0) is 23.7. The molecule has 5 rings (SSSR count). The lowest BCUT2D eigenvalue weighted by molar-refractivity contribution is -0.136. The van der Waals surface area contributed by atoms with Crippen molar-refractivity contribution in [2.24, 2.45) is 0 Å². The molecule has 172 valence electrons. The molecular formula is C25H28N4O4. The van der Waals surface area contributed by atoms with E-state index >= 15 is 0 Å². The predicted octanol–water partition coefficient (Wildman–Crippen LogP) is 1.89. The Balaban J connectivity index is 1.33. The molecule has 2 N–H and O–H groups in total. The maximum absolute atomic E-state index is 13.1. The summed E-state index contributed by atoms with van der Waals surface area (Å²) < 4.78 is 14.1. The Morgan fingerprint density at radius 1 is 1.06 bits per heavy atom. The van der Waals surface area contributed by atoms with E-state index in [0.29, 0.717) is 12.1 Å². The number of morpholine rings is 1. The summed E-state index contributed by atoms with van der Waals surface area (Å²) in [6.07, 6.45) is 0.0372. The van der Waals surface area contributed by atoms with E-state index in [2.05, 4.69) is 27.7 Å². The molecule has 1 unspecified atom stereocenters. The molecule has 3 aliphatic heterocycles. The van der Waals surface area contributed by atoms with Crippen molar-refractivity contribution in [1.82, 2.24) is 15.1 Å². The van der Waals surface area contributed by atoms with Crippen LogP contribution in [0.2, 0.25) is 0 Å². The van der Waals surface area contributed by atoms with Gasteiger partial charge < -0.3 is 15.0 Å². The summed E-state index contributed by atoms with van der Waals surface area (Å²) in [5.74, 6) is -1.50. The summed E-state index contributed by atoms with van der Waals surface area (Å²) in [5.41, 5.74) is 4.49. The minimum absolute atomic E-state index is 0.00489. The molecule has 33 heavy (non-hydrogen) atoms. The highest BCUT2D eigenvalue weighted by Crippen LogP contribution is 2.32. The molecule has 0 bridgehead atoms. The van der Waals surface area contributed by atoms with Crippen molar-refractivity contribution in [2.75, 3.05) is 31.6 Å². The van der Waals surface area contributed by atoms with Gasteiger partial charge in [-0.3, -0.25) is 24.6 Å². The first-order chi connectivity index (χ1) is 16.5. The predicted molar refractivity (Wildman–Crippen MR) is 122 cm³/mol. The van der Waals surface area contributed by atoms with Crippen LogP contribution >= 0.6 is 0 Å². The van der Waals surface area contributed by atoms with Crippen molar-refractivity contribution in [2.45, 2.75) is 38.5 Å². The largest absolute Gasteiger partial charge is 0.381 e. The number of amides is 3. The van der Waals surface area contributed by atoms with Gasteiger partial charge in [-0.15, -0.1) is 0 Å². The Bertz CT molecular complexity index is 1130. The minimum atomic E-state index is -1.79. The lowest BCUT2D eigenvalue weighted by Gasteiger charge is -2.29. The van der Waals surface area contributed by atoms with Crippen molar-refractivity contribution >= 4 is 23.4 Å². The molecule has 0 radical (unpaired) electrons. The molecule has 8 nitrogen and oxygen atoms in total. The molecule has 3 amide bonds. The molecule has 2 aromatic rings. The Kier molecular flexibility index (Phi) is 5.76. The van der Waals surface area contributed by atoms with Crippen LogP contribution in [-0.4, -0.2) is 59.8 Å². The number of hydrogen-bond acceptors (Lipinski definition) is 6. The highest BCUT2D eigenvalue weighted by Gasteiger charge is 2.39. The maximum atomic E-state index is 13.1. The van der Waals surface area contributed by atoms with Crippen molar-refractivity contribution in [1.29, 1.82) is 0 Å². The van der Waals surface area contributed by atoms with Crippen LogP contribution in [-0.2, 0) is 34.0 Å². The molecule has 3 heterocycles. The van der Waals surface area contributed by atoms with Crippen LogP contribution in [0.1, 0.15) is 41.3 Å². The number of hydrogen-bond donors (Lipinski definition) is 2. The number of benzene rings is 2. The van der Waals surface area contributed by atoms with Crippen LogP contribution in [0.3, 0.4) is 0 Å². The van der Waals surface area contributed by atoms with Gasteiger partial charge in [0, 0.05) is 56.0 Å². The fraction of sp³-hybridized carbons (Fsp3) is 0.400. The molecule has 2 aromatic carbocycles. The van der Waals surface area contributed by atoms with E-state index in [0.717, 1.165) is 44.1 Å².